The lowest BCUT2D eigenvalue weighted by Crippen LogP contribution is -2.41. The molecule has 0 aromatic carbocycles. The highest BCUT2D eigenvalue weighted by Crippen LogP contribution is 2.36. The van der Waals surface area contributed by atoms with E-state index >= 15 is 0 Å². The van der Waals surface area contributed by atoms with Gasteiger partial charge in [0, 0.05) is 18.6 Å². The molecule has 21 heavy (non-hydrogen) atoms. The van der Waals surface area contributed by atoms with Gasteiger partial charge < -0.3 is 14.6 Å². The van der Waals surface area contributed by atoms with Gasteiger partial charge in [0.2, 0.25) is 5.91 Å². The maximum absolute atomic E-state index is 11.1. The Morgan fingerprint density at radius 1 is 1.33 bits per heavy atom. The van der Waals surface area contributed by atoms with Crippen molar-refractivity contribution in [3.05, 3.63) is 17.8 Å². The lowest BCUT2D eigenvalue weighted by molar-refractivity contribution is -0.114. The Hall–Kier alpha value is -1.91. The number of nitrogens with zero attached hydrogens (tertiary/aromatic N) is 2. The first-order chi connectivity index (χ1) is 9.66. The summed E-state index contributed by atoms with van der Waals surface area (Å²) in [4.78, 5) is 15.2. The summed E-state index contributed by atoms with van der Waals surface area (Å²) in [5.41, 5.74) is 0.0124. The monoisotopic (exact) mass is 287 g/mol. The van der Waals surface area contributed by atoms with Gasteiger partial charge in [-0.1, -0.05) is 0 Å². The number of amides is 1. The number of aromatic nitrogens is 1. The van der Waals surface area contributed by atoms with Gasteiger partial charge in [-0.3, -0.25) is 4.79 Å². The number of pyridine rings is 1. The number of nitrogens with one attached hydrogen (secondary N) is 1. The number of nitriles is 1. The van der Waals surface area contributed by atoms with Crippen LogP contribution in [0.2, 0.25) is 0 Å². The summed E-state index contributed by atoms with van der Waals surface area (Å²) in [6.45, 7) is 9.19. The molecule has 1 amide bonds. The fraction of sp³-hybridized carbons (Fsp3) is 0.500. The number of anilines is 1. The van der Waals surface area contributed by atoms with Crippen LogP contribution in [-0.2, 0) is 14.1 Å². The van der Waals surface area contributed by atoms with Gasteiger partial charge in [0.05, 0.1) is 16.8 Å². The fourth-order valence-corrected chi connectivity index (χ4v) is 1.94. The Morgan fingerprint density at radius 2 is 1.90 bits per heavy atom. The van der Waals surface area contributed by atoms with E-state index in [1.54, 1.807) is 12.3 Å². The van der Waals surface area contributed by atoms with Crippen molar-refractivity contribution in [3.63, 3.8) is 0 Å². The highest BCUT2D eigenvalue weighted by Gasteiger charge is 2.51. The lowest BCUT2D eigenvalue weighted by Gasteiger charge is -2.32. The number of hydrogen-bond donors (Lipinski definition) is 1. The van der Waals surface area contributed by atoms with Crippen molar-refractivity contribution in [2.45, 2.75) is 45.8 Å². The minimum Gasteiger partial charge on any atom is -0.399 e. The van der Waals surface area contributed by atoms with Crippen LogP contribution in [-0.4, -0.2) is 29.2 Å². The minimum absolute atomic E-state index is 0.241. The number of carbonyl (C=O) groups is 1. The van der Waals surface area contributed by atoms with Crippen LogP contribution in [0.5, 0.6) is 0 Å². The maximum atomic E-state index is 11.1. The summed E-state index contributed by atoms with van der Waals surface area (Å²) in [5.74, 6) is -0.0346. The molecule has 1 aliphatic rings. The molecule has 1 aromatic heterocycles. The van der Waals surface area contributed by atoms with E-state index in [1.165, 1.54) is 6.92 Å². The minimum atomic E-state index is -0.582. The molecule has 0 bridgehead atoms. The summed E-state index contributed by atoms with van der Waals surface area (Å²) in [5, 5.41) is 11.7. The van der Waals surface area contributed by atoms with Crippen LogP contribution < -0.4 is 10.8 Å². The van der Waals surface area contributed by atoms with Crippen LogP contribution in [0.4, 0.5) is 5.82 Å². The molecule has 2 heterocycles. The van der Waals surface area contributed by atoms with E-state index in [4.69, 9.17) is 9.31 Å². The molecule has 0 radical (unpaired) electrons. The van der Waals surface area contributed by atoms with E-state index < -0.39 is 18.3 Å². The van der Waals surface area contributed by atoms with E-state index in [9.17, 15) is 10.1 Å². The molecule has 6 nitrogen and oxygen atoms in total. The normalized spacial score (nSPS) is 19.1. The molecule has 7 heteroatoms. The van der Waals surface area contributed by atoms with Crippen molar-refractivity contribution in [1.82, 2.24) is 4.98 Å². The van der Waals surface area contributed by atoms with E-state index in [0.717, 1.165) is 0 Å². The summed E-state index contributed by atoms with van der Waals surface area (Å²) < 4.78 is 11.8. The molecule has 0 saturated carbocycles. The maximum Gasteiger partial charge on any atom is 0.496 e. The lowest BCUT2D eigenvalue weighted by atomic mass is 9.79. The van der Waals surface area contributed by atoms with Crippen LogP contribution in [0, 0.1) is 11.3 Å². The smallest absolute Gasteiger partial charge is 0.399 e. The van der Waals surface area contributed by atoms with Crippen molar-refractivity contribution in [2.75, 3.05) is 5.32 Å². The highest BCUT2D eigenvalue weighted by atomic mass is 16.7. The topological polar surface area (TPSA) is 84.2 Å². The Kier molecular flexibility index (Phi) is 3.78. The molecular formula is C14H18BN3O3. The van der Waals surface area contributed by atoms with Crippen molar-refractivity contribution < 1.29 is 14.1 Å². The molecule has 1 aliphatic heterocycles. The number of carbonyl (C=O) groups excluding carboxylic acids is 1. The molecule has 1 fully saturated rings. The summed E-state index contributed by atoms with van der Waals surface area (Å²) in [7, 11) is -0.582. The predicted octanol–water partition coefficient (Wildman–Crippen LogP) is 1.21. The fourth-order valence-electron chi connectivity index (χ4n) is 1.94. The van der Waals surface area contributed by atoms with E-state index in [0.29, 0.717) is 5.46 Å². The van der Waals surface area contributed by atoms with Crippen LogP contribution in [0.1, 0.15) is 40.2 Å². The van der Waals surface area contributed by atoms with Gasteiger partial charge in [0.25, 0.3) is 0 Å². The average molecular weight is 287 g/mol. The zero-order valence-corrected chi connectivity index (χ0v) is 12.9. The molecular weight excluding hydrogens is 269 g/mol. The quantitative estimate of drug-likeness (QED) is 0.826. The van der Waals surface area contributed by atoms with Gasteiger partial charge in [0.15, 0.2) is 0 Å². The van der Waals surface area contributed by atoms with Gasteiger partial charge in [-0.25, -0.2) is 4.98 Å². The van der Waals surface area contributed by atoms with Crippen LogP contribution in [0.25, 0.3) is 0 Å². The largest absolute Gasteiger partial charge is 0.496 e. The van der Waals surface area contributed by atoms with Gasteiger partial charge in [-0.2, -0.15) is 5.26 Å². The van der Waals surface area contributed by atoms with Crippen molar-refractivity contribution in [1.29, 1.82) is 5.26 Å². The predicted molar refractivity (Wildman–Crippen MR) is 79.0 cm³/mol. The second-order valence-corrected chi connectivity index (χ2v) is 6.05. The van der Waals surface area contributed by atoms with E-state index in [1.807, 2.05) is 33.8 Å². The Bertz CT molecular complexity index is 606. The molecule has 1 saturated heterocycles. The number of rotatable bonds is 2. The standard InChI is InChI=1S/C14H18BN3O3/c1-9(19)18-12-10(7-16)6-11(8-17-12)15-20-13(2,3)14(4,5)21-15/h6,8H,1-5H3,(H,17,18,19). The third kappa shape index (κ3) is 2.92. The summed E-state index contributed by atoms with van der Waals surface area (Å²) in [6.07, 6.45) is 1.55. The molecule has 1 aromatic rings. The molecule has 0 atom stereocenters. The van der Waals surface area contributed by atoms with E-state index in [2.05, 4.69) is 10.3 Å². The van der Waals surface area contributed by atoms with Crippen molar-refractivity contribution in [2.24, 2.45) is 0 Å². The summed E-state index contributed by atoms with van der Waals surface area (Å²) >= 11 is 0. The van der Waals surface area contributed by atoms with E-state index in [-0.39, 0.29) is 17.3 Å². The Labute approximate surface area is 124 Å². The van der Waals surface area contributed by atoms with Crippen LogP contribution >= 0.6 is 0 Å². The average Bonchev–Trinajstić information content (AvgIpc) is 2.58. The molecule has 1 N–H and O–H groups in total. The molecule has 0 unspecified atom stereocenters. The zero-order valence-electron chi connectivity index (χ0n) is 12.9. The SMILES string of the molecule is CC(=O)Nc1ncc(B2OC(C)(C)C(C)(C)O2)cc1C#N. The molecule has 110 valence electrons. The third-order valence-corrected chi connectivity index (χ3v) is 3.85. The first kappa shape index (κ1) is 15.5. The highest BCUT2D eigenvalue weighted by molar-refractivity contribution is 6.62. The Balaban J connectivity index is 2.31. The molecule has 0 aliphatic carbocycles. The van der Waals surface area contributed by atoms with Gasteiger partial charge >= 0.3 is 7.12 Å². The second-order valence-electron chi connectivity index (χ2n) is 6.05. The number of hydrogen-bond acceptors (Lipinski definition) is 5. The Morgan fingerprint density at radius 3 is 2.38 bits per heavy atom. The second kappa shape index (κ2) is 5.13. The van der Waals surface area contributed by atoms with Gasteiger partial charge in [-0.15, -0.1) is 0 Å². The van der Waals surface area contributed by atoms with Gasteiger partial charge in [-0.05, 0) is 33.8 Å². The summed E-state index contributed by atoms with van der Waals surface area (Å²) in [6, 6.07) is 3.64. The first-order valence-corrected chi connectivity index (χ1v) is 6.69. The first-order valence-electron chi connectivity index (χ1n) is 6.69. The third-order valence-electron chi connectivity index (χ3n) is 3.85. The van der Waals surface area contributed by atoms with Crippen molar-refractivity contribution >= 4 is 24.3 Å². The van der Waals surface area contributed by atoms with Crippen LogP contribution in [0.3, 0.4) is 0 Å². The van der Waals surface area contributed by atoms with Crippen LogP contribution in [0.15, 0.2) is 12.3 Å². The zero-order chi connectivity index (χ0) is 15.8. The van der Waals surface area contributed by atoms with Crippen molar-refractivity contribution in [3.8, 4) is 6.07 Å². The van der Waals surface area contributed by atoms with Gasteiger partial charge in [0.1, 0.15) is 11.9 Å². The molecule has 2 rings (SSSR count). The molecule has 0 spiro atoms.